The molecule has 1 aliphatic carbocycles. The van der Waals surface area contributed by atoms with Crippen molar-refractivity contribution in [2.24, 2.45) is 0 Å². The summed E-state index contributed by atoms with van der Waals surface area (Å²) < 4.78 is 5.53. The molecule has 154 valence electrons. The Morgan fingerprint density at radius 1 is 1.10 bits per heavy atom. The van der Waals surface area contributed by atoms with E-state index in [0.29, 0.717) is 4.88 Å². The number of carbonyl (C=O) groups is 2. The largest absolute Gasteiger partial charge is 0.448 e. The molecule has 2 atom stereocenters. The van der Waals surface area contributed by atoms with Gasteiger partial charge in [-0.1, -0.05) is 54.1 Å². The highest BCUT2D eigenvalue weighted by Gasteiger charge is 2.26. The Kier molecular flexibility index (Phi) is 6.00. The van der Waals surface area contributed by atoms with Gasteiger partial charge >= 0.3 is 5.97 Å². The number of nitrogens with one attached hydrogen (secondary N) is 1. The fourth-order valence-electron chi connectivity index (χ4n) is 3.89. The third-order valence-corrected chi connectivity index (χ3v) is 6.45. The quantitative estimate of drug-likeness (QED) is 0.559. The van der Waals surface area contributed by atoms with Crippen LogP contribution < -0.4 is 5.32 Å². The lowest BCUT2D eigenvalue weighted by Gasteiger charge is -2.27. The lowest BCUT2D eigenvalue weighted by molar-refractivity contribution is -0.130. The molecule has 0 bridgehead atoms. The molecule has 1 aromatic heterocycles. The van der Waals surface area contributed by atoms with Gasteiger partial charge < -0.3 is 10.1 Å². The summed E-state index contributed by atoms with van der Waals surface area (Å²) in [5.41, 5.74) is 5.40. The van der Waals surface area contributed by atoms with Crippen LogP contribution in [0.1, 0.15) is 52.2 Å². The molecule has 30 heavy (non-hydrogen) atoms. The molecule has 0 aliphatic heterocycles. The van der Waals surface area contributed by atoms with Crippen LogP contribution in [0.15, 0.2) is 60.0 Å². The third kappa shape index (κ3) is 4.31. The normalized spacial score (nSPS) is 16.4. The Morgan fingerprint density at radius 3 is 2.67 bits per heavy atom. The van der Waals surface area contributed by atoms with E-state index in [1.807, 2.05) is 54.8 Å². The second-order valence-corrected chi connectivity index (χ2v) is 8.65. The van der Waals surface area contributed by atoms with Crippen molar-refractivity contribution < 1.29 is 14.3 Å². The van der Waals surface area contributed by atoms with Gasteiger partial charge in [0.25, 0.3) is 5.91 Å². The van der Waals surface area contributed by atoms with E-state index in [1.54, 1.807) is 6.92 Å². The number of amides is 1. The van der Waals surface area contributed by atoms with E-state index in [0.717, 1.165) is 41.5 Å². The number of esters is 1. The number of fused-ring (bicyclic) bond motifs is 1. The molecule has 2 aromatic carbocycles. The first-order valence-electron chi connectivity index (χ1n) is 10.3. The topological polar surface area (TPSA) is 55.4 Å². The van der Waals surface area contributed by atoms with E-state index in [1.165, 1.54) is 16.9 Å². The summed E-state index contributed by atoms with van der Waals surface area (Å²) in [5, 5.41) is 4.94. The van der Waals surface area contributed by atoms with Gasteiger partial charge in [-0.15, -0.1) is 11.3 Å². The van der Waals surface area contributed by atoms with Crippen LogP contribution in [-0.2, 0) is 16.0 Å². The van der Waals surface area contributed by atoms with Gasteiger partial charge in [-0.05, 0) is 61.2 Å². The first-order valence-corrected chi connectivity index (χ1v) is 11.1. The molecule has 0 saturated heterocycles. The van der Waals surface area contributed by atoms with Gasteiger partial charge in [-0.2, -0.15) is 0 Å². The maximum atomic E-state index is 12.8. The Hall–Kier alpha value is -2.92. The van der Waals surface area contributed by atoms with Crippen LogP contribution in [0.5, 0.6) is 0 Å². The van der Waals surface area contributed by atoms with Crippen LogP contribution in [0.3, 0.4) is 0 Å². The van der Waals surface area contributed by atoms with Gasteiger partial charge in [0.1, 0.15) is 4.88 Å². The van der Waals surface area contributed by atoms with E-state index in [4.69, 9.17) is 4.74 Å². The Balaban J connectivity index is 1.43. The van der Waals surface area contributed by atoms with E-state index in [9.17, 15) is 9.59 Å². The maximum Gasteiger partial charge on any atom is 0.349 e. The molecule has 1 N–H and O–H groups in total. The van der Waals surface area contributed by atoms with Crippen molar-refractivity contribution in [1.82, 2.24) is 5.32 Å². The van der Waals surface area contributed by atoms with Gasteiger partial charge in [0.15, 0.2) is 6.10 Å². The number of hydrogen-bond donors (Lipinski definition) is 1. The minimum atomic E-state index is -0.862. The molecule has 0 unspecified atom stereocenters. The van der Waals surface area contributed by atoms with Crippen molar-refractivity contribution in [3.05, 3.63) is 81.5 Å². The molecule has 0 spiro atoms. The lowest BCUT2D eigenvalue weighted by Crippen LogP contribution is -2.39. The van der Waals surface area contributed by atoms with E-state index >= 15 is 0 Å². The molecular weight excluding hydrogens is 394 g/mol. The van der Waals surface area contributed by atoms with Crippen molar-refractivity contribution in [3.8, 4) is 11.1 Å². The summed E-state index contributed by atoms with van der Waals surface area (Å²) in [4.78, 5) is 26.0. The minimum Gasteiger partial charge on any atom is -0.448 e. The minimum absolute atomic E-state index is 0.0338. The van der Waals surface area contributed by atoms with Gasteiger partial charge in [0, 0.05) is 5.56 Å². The van der Waals surface area contributed by atoms with Crippen LogP contribution in [-0.4, -0.2) is 18.0 Å². The average molecular weight is 420 g/mol. The van der Waals surface area contributed by atoms with E-state index in [-0.39, 0.29) is 11.9 Å². The molecule has 4 rings (SSSR count). The molecule has 0 fully saturated rings. The summed E-state index contributed by atoms with van der Waals surface area (Å²) in [7, 11) is 0. The number of aryl methyl sites for hydroxylation is 2. The highest BCUT2D eigenvalue weighted by Crippen LogP contribution is 2.31. The molecule has 4 nitrogen and oxygen atoms in total. The Bertz CT molecular complexity index is 1050. The zero-order chi connectivity index (χ0) is 21.1. The van der Waals surface area contributed by atoms with Gasteiger partial charge in [0.2, 0.25) is 0 Å². The zero-order valence-corrected chi connectivity index (χ0v) is 18.0. The first kappa shape index (κ1) is 20.4. The van der Waals surface area contributed by atoms with Crippen LogP contribution in [0.25, 0.3) is 11.1 Å². The molecule has 1 heterocycles. The van der Waals surface area contributed by atoms with Gasteiger partial charge in [-0.3, -0.25) is 4.79 Å². The SMILES string of the molecule is Cc1ccc(-c2ccsc2C(=O)O[C@H](C)C(=O)N[C@@H]2CCCc3ccccc32)cc1. The monoisotopic (exact) mass is 419 g/mol. The van der Waals surface area contributed by atoms with Crippen molar-refractivity contribution >= 4 is 23.2 Å². The van der Waals surface area contributed by atoms with Gasteiger partial charge in [0.05, 0.1) is 6.04 Å². The second kappa shape index (κ2) is 8.84. The van der Waals surface area contributed by atoms with Crippen LogP contribution in [0.2, 0.25) is 0 Å². The maximum absolute atomic E-state index is 12.8. The van der Waals surface area contributed by atoms with Crippen LogP contribution in [0, 0.1) is 6.92 Å². The average Bonchev–Trinajstić information content (AvgIpc) is 3.24. The molecular formula is C25H25NO3S. The number of ether oxygens (including phenoxy) is 1. The predicted octanol–water partition coefficient (Wildman–Crippen LogP) is 5.46. The summed E-state index contributed by atoms with van der Waals surface area (Å²) in [6.07, 6.45) is 2.10. The van der Waals surface area contributed by atoms with Crippen molar-refractivity contribution in [1.29, 1.82) is 0 Å². The number of hydrogen-bond acceptors (Lipinski definition) is 4. The summed E-state index contributed by atoms with van der Waals surface area (Å²) >= 11 is 1.33. The highest BCUT2D eigenvalue weighted by atomic mass is 32.1. The Morgan fingerprint density at radius 2 is 1.87 bits per heavy atom. The van der Waals surface area contributed by atoms with Crippen LogP contribution in [0.4, 0.5) is 0 Å². The molecule has 1 amide bonds. The highest BCUT2D eigenvalue weighted by molar-refractivity contribution is 7.12. The van der Waals surface area contributed by atoms with E-state index in [2.05, 4.69) is 17.4 Å². The third-order valence-electron chi connectivity index (χ3n) is 5.55. The second-order valence-electron chi connectivity index (χ2n) is 7.73. The zero-order valence-electron chi connectivity index (χ0n) is 17.2. The number of benzene rings is 2. The summed E-state index contributed by atoms with van der Waals surface area (Å²) in [6.45, 7) is 3.65. The summed E-state index contributed by atoms with van der Waals surface area (Å²) in [5.74, 6) is -0.731. The molecule has 3 aromatic rings. The van der Waals surface area contributed by atoms with Crippen molar-refractivity contribution in [3.63, 3.8) is 0 Å². The summed E-state index contributed by atoms with van der Waals surface area (Å²) in [6, 6.07) is 18.1. The van der Waals surface area contributed by atoms with Crippen LogP contribution >= 0.6 is 11.3 Å². The molecule has 0 saturated carbocycles. The Labute approximate surface area is 180 Å². The lowest BCUT2D eigenvalue weighted by atomic mass is 9.87. The number of rotatable bonds is 5. The number of carbonyl (C=O) groups excluding carboxylic acids is 2. The first-order chi connectivity index (χ1) is 14.5. The smallest absolute Gasteiger partial charge is 0.349 e. The molecule has 0 radical (unpaired) electrons. The van der Waals surface area contributed by atoms with Crippen molar-refractivity contribution in [2.45, 2.75) is 45.3 Å². The fourth-order valence-corrected chi connectivity index (χ4v) is 4.69. The van der Waals surface area contributed by atoms with Gasteiger partial charge in [-0.25, -0.2) is 4.79 Å². The van der Waals surface area contributed by atoms with Crippen molar-refractivity contribution in [2.75, 3.05) is 0 Å². The predicted molar refractivity (Wildman–Crippen MR) is 120 cm³/mol. The van der Waals surface area contributed by atoms with E-state index < -0.39 is 12.1 Å². The standard InChI is InChI=1S/C25H25NO3S/c1-16-10-12-19(13-11-16)21-14-15-30-23(21)25(28)29-17(2)24(27)26-22-9-5-7-18-6-3-4-8-20(18)22/h3-4,6,8,10-15,17,22H,5,7,9H2,1-2H3,(H,26,27)/t17-,22-/m1/s1. The number of thiophene rings is 1. The molecule has 1 aliphatic rings. The molecule has 5 heteroatoms. The fraction of sp³-hybridized carbons (Fsp3) is 0.280.